The monoisotopic (exact) mass is 359 g/mol. The minimum atomic E-state index is -1.11. The van der Waals surface area contributed by atoms with Crippen molar-refractivity contribution in [2.45, 2.75) is 84.5 Å². The van der Waals surface area contributed by atoms with Crippen molar-refractivity contribution < 1.29 is 33.8 Å². The average molecular weight is 359 g/mol. The summed E-state index contributed by atoms with van der Waals surface area (Å²) in [5, 5.41) is 11.0. The summed E-state index contributed by atoms with van der Waals surface area (Å²) in [5.74, 6) is -2.89. The first kappa shape index (κ1) is 22.9. The number of carboxylic acid groups (broad SMARTS) is 1. The lowest BCUT2D eigenvalue weighted by Crippen LogP contribution is -2.44. The summed E-state index contributed by atoms with van der Waals surface area (Å²) in [6.45, 7) is 10.2. The molecule has 0 saturated carbocycles. The van der Waals surface area contributed by atoms with Crippen LogP contribution in [-0.4, -0.2) is 46.2 Å². The minimum Gasteiger partial charge on any atom is -0.481 e. The number of ether oxygens (including phenoxy) is 2. The molecule has 8 heteroatoms. The summed E-state index contributed by atoms with van der Waals surface area (Å²) in [7, 11) is 0. The van der Waals surface area contributed by atoms with E-state index in [-0.39, 0.29) is 25.7 Å². The van der Waals surface area contributed by atoms with Crippen LogP contribution in [0.5, 0.6) is 0 Å². The number of carbonyl (C=O) groups is 4. The molecule has 0 aromatic carbocycles. The van der Waals surface area contributed by atoms with Gasteiger partial charge in [-0.3, -0.25) is 14.4 Å². The lowest BCUT2D eigenvalue weighted by molar-refractivity contribution is -0.160. The molecule has 0 aromatic rings. The molecule has 0 aliphatic rings. The SMILES string of the molecule is CC(C)(C)OC(=O)CCC(NC(=O)CCC(=O)O)C(=O)OC(C)(C)C. The summed E-state index contributed by atoms with van der Waals surface area (Å²) in [4.78, 5) is 46.4. The number of nitrogens with one attached hydrogen (secondary N) is 1. The van der Waals surface area contributed by atoms with E-state index in [1.807, 2.05) is 0 Å². The van der Waals surface area contributed by atoms with Gasteiger partial charge < -0.3 is 19.9 Å². The highest BCUT2D eigenvalue weighted by molar-refractivity contribution is 5.86. The van der Waals surface area contributed by atoms with Crippen molar-refractivity contribution in [1.29, 1.82) is 0 Å². The second-order valence-electron chi connectivity index (χ2n) is 7.67. The zero-order chi connectivity index (χ0) is 19.8. The Labute approximate surface area is 148 Å². The Morgan fingerprint density at radius 1 is 0.880 bits per heavy atom. The summed E-state index contributed by atoms with van der Waals surface area (Å²) < 4.78 is 10.4. The quantitative estimate of drug-likeness (QED) is 0.634. The van der Waals surface area contributed by atoms with Gasteiger partial charge in [0.05, 0.1) is 6.42 Å². The number of hydrogen-bond donors (Lipinski definition) is 2. The zero-order valence-corrected chi connectivity index (χ0v) is 15.8. The first-order valence-corrected chi connectivity index (χ1v) is 8.15. The maximum atomic E-state index is 12.2. The summed E-state index contributed by atoms with van der Waals surface area (Å²) >= 11 is 0. The maximum Gasteiger partial charge on any atom is 0.329 e. The lowest BCUT2D eigenvalue weighted by Gasteiger charge is -2.25. The molecule has 0 radical (unpaired) electrons. The third kappa shape index (κ3) is 12.9. The largest absolute Gasteiger partial charge is 0.481 e. The predicted molar refractivity (Wildman–Crippen MR) is 89.7 cm³/mol. The second kappa shape index (κ2) is 9.39. The van der Waals surface area contributed by atoms with Crippen LogP contribution < -0.4 is 5.32 Å². The van der Waals surface area contributed by atoms with E-state index in [0.29, 0.717) is 0 Å². The molecule has 25 heavy (non-hydrogen) atoms. The van der Waals surface area contributed by atoms with Gasteiger partial charge in [-0.1, -0.05) is 0 Å². The van der Waals surface area contributed by atoms with Crippen LogP contribution in [0.15, 0.2) is 0 Å². The van der Waals surface area contributed by atoms with E-state index >= 15 is 0 Å². The number of esters is 2. The number of hydrogen-bond acceptors (Lipinski definition) is 6. The van der Waals surface area contributed by atoms with E-state index in [0.717, 1.165) is 0 Å². The normalized spacial score (nSPS) is 12.9. The predicted octanol–water partition coefficient (Wildman–Crippen LogP) is 1.80. The number of carbonyl (C=O) groups excluding carboxylic acids is 3. The molecule has 2 N–H and O–H groups in total. The summed E-state index contributed by atoms with van der Waals surface area (Å²) in [6, 6.07) is -1.05. The second-order valence-corrected chi connectivity index (χ2v) is 7.67. The van der Waals surface area contributed by atoms with Crippen LogP contribution in [0, 0.1) is 0 Å². The van der Waals surface area contributed by atoms with Gasteiger partial charge in [0.25, 0.3) is 0 Å². The Morgan fingerprint density at radius 2 is 1.40 bits per heavy atom. The molecule has 0 fully saturated rings. The molecule has 0 aliphatic heterocycles. The smallest absolute Gasteiger partial charge is 0.329 e. The van der Waals surface area contributed by atoms with E-state index in [4.69, 9.17) is 14.6 Å². The average Bonchev–Trinajstić information content (AvgIpc) is 2.37. The van der Waals surface area contributed by atoms with Crippen LogP contribution in [-0.2, 0) is 28.7 Å². The maximum absolute atomic E-state index is 12.2. The van der Waals surface area contributed by atoms with Crippen molar-refractivity contribution in [2.75, 3.05) is 0 Å². The Kier molecular flexibility index (Phi) is 8.59. The number of amides is 1. The molecule has 0 aliphatic carbocycles. The fourth-order valence-electron chi connectivity index (χ4n) is 1.76. The van der Waals surface area contributed by atoms with Crippen LogP contribution in [0.3, 0.4) is 0 Å². The molecule has 8 nitrogen and oxygen atoms in total. The molecule has 1 atom stereocenters. The molecular formula is C17H29NO7. The molecule has 144 valence electrons. The molecule has 0 spiro atoms. The highest BCUT2D eigenvalue weighted by Gasteiger charge is 2.28. The van der Waals surface area contributed by atoms with Gasteiger partial charge in [-0.15, -0.1) is 0 Å². The van der Waals surface area contributed by atoms with Crippen molar-refractivity contribution >= 4 is 23.8 Å². The van der Waals surface area contributed by atoms with Crippen molar-refractivity contribution in [3.05, 3.63) is 0 Å². The van der Waals surface area contributed by atoms with E-state index in [1.54, 1.807) is 41.5 Å². The van der Waals surface area contributed by atoms with E-state index in [1.165, 1.54) is 0 Å². The van der Waals surface area contributed by atoms with Crippen LogP contribution >= 0.6 is 0 Å². The molecule has 0 saturated heterocycles. The molecule has 0 bridgehead atoms. The fraction of sp³-hybridized carbons (Fsp3) is 0.765. The van der Waals surface area contributed by atoms with Crippen molar-refractivity contribution in [1.82, 2.24) is 5.32 Å². The van der Waals surface area contributed by atoms with Crippen molar-refractivity contribution in [2.24, 2.45) is 0 Å². The van der Waals surface area contributed by atoms with E-state index in [9.17, 15) is 19.2 Å². The van der Waals surface area contributed by atoms with Crippen molar-refractivity contribution in [3.8, 4) is 0 Å². The molecule has 0 aromatic heterocycles. The minimum absolute atomic E-state index is 0.00262. The molecular weight excluding hydrogens is 330 g/mol. The van der Waals surface area contributed by atoms with Gasteiger partial charge in [-0.05, 0) is 48.0 Å². The van der Waals surface area contributed by atoms with Crippen LogP contribution in [0.4, 0.5) is 0 Å². The number of carboxylic acids is 1. The third-order valence-electron chi connectivity index (χ3n) is 2.65. The fourth-order valence-corrected chi connectivity index (χ4v) is 1.76. The van der Waals surface area contributed by atoms with Gasteiger partial charge >= 0.3 is 17.9 Å². The Hall–Kier alpha value is -2.12. The van der Waals surface area contributed by atoms with Gasteiger partial charge in [0, 0.05) is 12.8 Å². The van der Waals surface area contributed by atoms with Gasteiger partial charge in [-0.2, -0.15) is 0 Å². The Morgan fingerprint density at radius 3 is 1.84 bits per heavy atom. The standard InChI is InChI=1S/C17H29NO7/c1-16(2,3)24-14(22)10-7-11(15(23)25-17(4,5)6)18-12(19)8-9-13(20)21/h11H,7-10H2,1-6H3,(H,18,19)(H,20,21). The highest BCUT2D eigenvalue weighted by Crippen LogP contribution is 2.13. The topological polar surface area (TPSA) is 119 Å². The summed E-state index contributed by atoms with van der Waals surface area (Å²) in [6.07, 6.45) is -0.691. The van der Waals surface area contributed by atoms with Crippen LogP contribution in [0.2, 0.25) is 0 Å². The van der Waals surface area contributed by atoms with Gasteiger partial charge in [-0.25, -0.2) is 4.79 Å². The van der Waals surface area contributed by atoms with Crippen molar-refractivity contribution in [3.63, 3.8) is 0 Å². The van der Waals surface area contributed by atoms with Crippen LogP contribution in [0.1, 0.15) is 67.2 Å². The summed E-state index contributed by atoms with van der Waals surface area (Å²) in [5.41, 5.74) is -1.41. The Bertz CT molecular complexity index is 500. The molecule has 1 amide bonds. The first-order chi connectivity index (χ1) is 11.2. The molecule has 1 unspecified atom stereocenters. The van der Waals surface area contributed by atoms with E-state index in [2.05, 4.69) is 5.32 Å². The number of rotatable bonds is 8. The van der Waals surface area contributed by atoms with Gasteiger partial charge in [0.1, 0.15) is 17.2 Å². The highest BCUT2D eigenvalue weighted by atomic mass is 16.6. The zero-order valence-electron chi connectivity index (χ0n) is 15.8. The third-order valence-corrected chi connectivity index (χ3v) is 2.65. The van der Waals surface area contributed by atoms with Gasteiger partial charge in [0.2, 0.25) is 5.91 Å². The molecule has 0 heterocycles. The van der Waals surface area contributed by atoms with Gasteiger partial charge in [0.15, 0.2) is 0 Å². The Balaban J connectivity index is 4.83. The van der Waals surface area contributed by atoms with Crippen LogP contribution in [0.25, 0.3) is 0 Å². The molecule has 0 rings (SSSR count). The number of aliphatic carboxylic acids is 1. The van der Waals surface area contributed by atoms with E-state index < -0.39 is 41.1 Å². The lowest BCUT2D eigenvalue weighted by atomic mass is 10.1. The first-order valence-electron chi connectivity index (χ1n) is 8.15.